The van der Waals surface area contributed by atoms with Crippen molar-refractivity contribution in [3.05, 3.63) is 22.4 Å². The summed E-state index contributed by atoms with van der Waals surface area (Å²) in [6, 6.07) is 4.69. The third kappa shape index (κ3) is 3.96. The summed E-state index contributed by atoms with van der Waals surface area (Å²) in [4.78, 5) is 10.9. The molecule has 0 spiro atoms. The van der Waals surface area contributed by atoms with Crippen molar-refractivity contribution in [1.29, 1.82) is 0 Å². The summed E-state index contributed by atoms with van der Waals surface area (Å²) in [6.45, 7) is 6.15. The van der Waals surface area contributed by atoms with Crippen molar-refractivity contribution < 1.29 is 0 Å². The predicted octanol–water partition coefficient (Wildman–Crippen LogP) is 2.41. The van der Waals surface area contributed by atoms with Gasteiger partial charge in [0.15, 0.2) is 5.96 Å². The number of hydrogen-bond acceptors (Lipinski definition) is 3. The highest BCUT2D eigenvalue weighted by Gasteiger charge is 2.18. The van der Waals surface area contributed by atoms with E-state index in [-0.39, 0.29) is 0 Å². The van der Waals surface area contributed by atoms with Crippen LogP contribution in [0.15, 0.2) is 22.5 Å². The lowest BCUT2D eigenvalue weighted by atomic mass is 10.2. The number of aliphatic imine (C=N–C) groups is 1. The standard InChI is InChI=1S/C15H26N4S/c1-4-16-15(19-9-5-6-10-19)17-12-13(18(2)3)14-8-7-11-20-14/h7-8,11,13H,4-6,9-10,12H2,1-3H3,(H,16,17). The van der Waals surface area contributed by atoms with E-state index in [9.17, 15) is 0 Å². The number of rotatable bonds is 5. The Hall–Kier alpha value is -1.07. The van der Waals surface area contributed by atoms with E-state index < -0.39 is 0 Å². The highest BCUT2D eigenvalue weighted by atomic mass is 32.1. The molecule has 1 N–H and O–H groups in total. The normalized spacial score (nSPS) is 17.8. The molecule has 0 amide bonds. The monoisotopic (exact) mass is 294 g/mol. The number of guanidine groups is 1. The molecule has 112 valence electrons. The maximum Gasteiger partial charge on any atom is 0.193 e. The van der Waals surface area contributed by atoms with Crippen LogP contribution in [0, 0.1) is 0 Å². The summed E-state index contributed by atoms with van der Waals surface area (Å²) in [7, 11) is 4.26. The maximum atomic E-state index is 4.87. The highest BCUT2D eigenvalue weighted by Crippen LogP contribution is 2.23. The van der Waals surface area contributed by atoms with Gasteiger partial charge in [0.1, 0.15) is 0 Å². The van der Waals surface area contributed by atoms with Crippen LogP contribution < -0.4 is 5.32 Å². The molecule has 1 unspecified atom stereocenters. The molecule has 20 heavy (non-hydrogen) atoms. The Balaban J connectivity index is 2.05. The molecule has 1 aliphatic heterocycles. The Morgan fingerprint density at radius 1 is 1.45 bits per heavy atom. The minimum absolute atomic E-state index is 0.367. The van der Waals surface area contributed by atoms with Crippen LogP contribution in [0.3, 0.4) is 0 Å². The molecular weight excluding hydrogens is 268 g/mol. The van der Waals surface area contributed by atoms with Gasteiger partial charge in [0.25, 0.3) is 0 Å². The zero-order chi connectivity index (χ0) is 14.4. The average molecular weight is 294 g/mol. The van der Waals surface area contributed by atoms with Crippen molar-refractivity contribution in [2.45, 2.75) is 25.8 Å². The molecule has 1 atom stereocenters. The van der Waals surface area contributed by atoms with Gasteiger partial charge in [-0.05, 0) is 45.3 Å². The Bertz CT molecular complexity index is 408. The molecule has 2 rings (SSSR count). The van der Waals surface area contributed by atoms with E-state index in [0.29, 0.717) is 6.04 Å². The second kappa shape index (κ2) is 7.64. The third-order valence-corrected chi connectivity index (χ3v) is 4.62. The summed E-state index contributed by atoms with van der Waals surface area (Å²) in [5.41, 5.74) is 0. The molecule has 1 aliphatic rings. The smallest absolute Gasteiger partial charge is 0.193 e. The van der Waals surface area contributed by atoms with E-state index in [1.54, 1.807) is 0 Å². The molecule has 0 aromatic carbocycles. The van der Waals surface area contributed by atoms with Crippen LogP contribution in [0.4, 0.5) is 0 Å². The Labute approximate surface area is 126 Å². The average Bonchev–Trinajstić information content (AvgIpc) is 3.11. The number of hydrogen-bond donors (Lipinski definition) is 1. The zero-order valence-electron chi connectivity index (χ0n) is 12.8. The van der Waals surface area contributed by atoms with Gasteiger partial charge in [0.05, 0.1) is 12.6 Å². The molecule has 1 aromatic heterocycles. The SMILES string of the molecule is CCNC(=NCC(c1cccs1)N(C)C)N1CCCC1. The molecule has 2 heterocycles. The molecule has 0 bridgehead atoms. The highest BCUT2D eigenvalue weighted by molar-refractivity contribution is 7.10. The van der Waals surface area contributed by atoms with Crippen molar-refractivity contribution in [3.63, 3.8) is 0 Å². The van der Waals surface area contributed by atoms with Crippen molar-refractivity contribution in [2.24, 2.45) is 4.99 Å². The minimum atomic E-state index is 0.367. The predicted molar refractivity (Wildman–Crippen MR) is 87.5 cm³/mol. The molecule has 0 saturated carbocycles. The van der Waals surface area contributed by atoms with Gasteiger partial charge in [-0.2, -0.15) is 0 Å². The Morgan fingerprint density at radius 3 is 2.75 bits per heavy atom. The van der Waals surface area contributed by atoms with Crippen LogP contribution in [0.1, 0.15) is 30.7 Å². The quantitative estimate of drug-likeness (QED) is 0.668. The number of likely N-dealkylation sites (tertiary alicyclic amines) is 1. The number of nitrogens with one attached hydrogen (secondary N) is 1. The van der Waals surface area contributed by atoms with Gasteiger partial charge < -0.3 is 15.1 Å². The van der Waals surface area contributed by atoms with Crippen LogP contribution in [0.5, 0.6) is 0 Å². The van der Waals surface area contributed by atoms with Crippen LogP contribution in [-0.2, 0) is 0 Å². The minimum Gasteiger partial charge on any atom is -0.357 e. The third-order valence-electron chi connectivity index (χ3n) is 3.65. The van der Waals surface area contributed by atoms with Crippen molar-refractivity contribution in [2.75, 3.05) is 40.3 Å². The van der Waals surface area contributed by atoms with Gasteiger partial charge in [-0.25, -0.2) is 0 Å². The van der Waals surface area contributed by atoms with Gasteiger partial charge in [-0.3, -0.25) is 4.99 Å². The summed E-state index contributed by atoms with van der Waals surface area (Å²) < 4.78 is 0. The topological polar surface area (TPSA) is 30.9 Å². The molecule has 0 aliphatic carbocycles. The van der Waals surface area contributed by atoms with Gasteiger partial charge >= 0.3 is 0 Å². The second-order valence-electron chi connectivity index (χ2n) is 5.38. The summed E-state index contributed by atoms with van der Waals surface area (Å²) in [5, 5.41) is 5.57. The number of likely N-dealkylation sites (N-methyl/N-ethyl adjacent to an activating group) is 1. The van der Waals surface area contributed by atoms with Crippen molar-refractivity contribution in [3.8, 4) is 0 Å². The first kappa shape index (κ1) is 15.3. The second-order valence-corrected chi connectivity index (χ2v) is 6.36. The van der Waals surface area contributed by atoms with Gasteiger partial charge in [0, 0.05) is 24.5 Å². The molecule has 5 heteroatoms. The lowest BCUT2D eigenvalue weighted by Gasteiger charge is -2.24. The fraction of sp³-hybridized carbons (Fsp3) is 0.667. The lowest BCUT2D eigenvalue weighted by molar-refractivity contribution is 0.309. The van der Waals surface area contributed by atoms with E-state index in [2.05, 4.69) is 53.6 Å². The van der Waals surface area contributed by atoms with E-state index >= 15 is 0 Å². The first-order chi connectivity index (χ1) is 9.72. The van der Waals surface area contributed by atoms with E-state index in [1.807, 2.05) is 11.3 Å². The largest absolute Gasteiger partial charge is 0.357 e. The first-order valence-corrected chi connectivity index (χ1v) is 8.33. The van der Waals surface area contributed by atoms with E-state index in [4.69, 9.17) is 4.99 Å². The van der Waals surface area contributed by atoms with Crippen molar-refractivity contribution >= 4 is 17.3 Å². The van der Waals surface area contributed by atoms with E-state index in [0.717, 1.165) is 32.1 Å². The van der Waals surface area contributed by atoms with E-state index in [1.165, 1.54) is 17.7 Å². The fourth-order valence-electron chi connectivity index (χ4n) is 2.52. The zero-order valence-corrected chi connectivity index (χ0v) is 13.6. The van der Waals surface area contributed by atoms with Crippen molar-refractivity contribution in [1.82, 2.24) is 15.1 Å². The van der Waals surface area contributed by atoms with Gasteiger partial charge in [-0.1, -0.05) is 6.07 Å². The number of nitrogens with zero attached hydrogens (tertiary/aromatic N) is 3. The Kier molecular flexibility index (Phi) is 5.86. The lowest BCUT2D eigenvalue weighted by Crippen LogP contribution is -2.40. The Morgan fingerprint density at radius 2 is 2.20 bits per heavy atom. The fourth-order valence-corrected chi connectivity index (χ4v) is 3.43. The summed E-state index contributed by atoms with van der Waals surface area (Å²) in [5.74, 6) is 1.08. The maximum absolute atomic E-state index is 4.87. The molecular formula is C15H26N4S. The molecule has 1 fully saturated rings. The van der Waals surface area contributed by atoms with Crippen LogP contribution in [0.2, 0.25) is 0 Å². The number of thiophene rings is 1. The molecule has 1 aromatic rings. The molecule has 1 saturated heterocycles. The van der Waals surface area contributed by atoms with Crippen LogP contribution in [0.25, 0.3) is 0 Å². The van der Waals surface area contributed by atoms with Gasteiger partial charge in [0.2, 0.25) is 0 Å². The molecule has 0 radical (unpaired) electrons. The summed E-state index contributed by atoms with van der Waals surface area (Å²) in [6.07, 6.45) is 2.57. The van der Waals surface area contributed by atoms with Crippen LogP contribution >= 0.6 is 11.3 Å². The molecule has 4 nitrogen and oxygen atoms in total. The van der Waals surface area contributed by atoms with Crippen LogP contribution in [-0.4, -0.2) is 56.0 Å². The summed E-state index contributed by atoms with van der Waals surface area (Å²) >= 11 is 1.81. The van der Waals surface area contributed by atoms with Gasteiger partial charge in [-0.15, -0.1) is 11.3 Å². The first-order valence-electron chi connectivity index (χ1n) is 7.45.